The minimum absolute atomic E-state index is 0. The quantitative estimate of drug-likeness (QED) is 0.672. The van der Waals surface area contributed by atoms with Crippen LogP contribution in [0.15, 0.2) is 42.6 Å². The smallest absolute Gasteiger partial charge is 0.217 e. The summed E-state index contributed by atoms with van der Waals surface area (Å²) in [5, 5.41) is 8.03. The van der Waals surface area contributed by atoms with Gasteiger partial charge in [-0.15, -0.1) is 0 Å². The first kappa shape index (κ1) is 21.2. The summed E-state index contributed by atoms with van der Waals surface area (Å²) >= 11 is 0. The zero-order valence-corrected chi connectivity index (χ0v) is 16.0. The number of halogens is 1. The fraction of sp³-hybridized carbons (Fsp3) is 0.300. The van der Waals surface area contributed by atoms with Gasteiger partial charge < -0.3 is 20.3 Å². The third kappa shape index (κ3) is 4.98. The molecule has 1 heterocycles. The molecular formula is C20H24FN3O4. The number of nitrogens with one attached hydrogen (secondary N) is 1. The van der Waals surface area contributed by atoms with Crippen molar-refractivity contribution < 1.29 is 24.1 Å². The van der Waals surface area contributed by atoms with Gasteiger partial charge in [0.2, 0.25) is 5.91 Å². The second kappa shape index (κ2) is 9.18. The van der Waals surface area contributed by atoms with Crippen molar-refractivity contribution in [1.82, 2.24) is 15.1 Å². The molecule has 0 saturated carbocycles. The van der Waals surface area contributed by atoms with Gasteiger partial charge in [0, 0.05) is 30.6 Å². The van der Waals surface area contributed by atoms with E-state index in [1.165, 1.54) is 17.7 Å². The lowest BCUT2D eigenvalue weighted by Crippen LogP contribution is -2.35. The van der Waals surface area contributed by atoms with Gasteiger partial charge in [0.15, 0.2) is 5.82 Å². The highest BCUT2D eigenvalue weighted by molar-refractivity contribution is 5.80. The first-order chi connectivity index (χ1) is 13.0. The van der Waals surface area contributed by atoms with E-state index in [1.807, 2.05) is 32.0 Å². The maximum Gasteiger partial charge on any atom is 0.217 e. The molecule has 0 bridgehead atoms. The van der Waals surface area contributed by atoms with Crippen LogP contribution in [-0.4, -0.2) is 40.4 Å². The number of rotatable bonds is 7. The number of aromatic nitrogens is 2. The molecule has 0 aliphatic heterocycles. The van der Waals surface area contributed by atoms with E-state index in [0.29, 0.717) is 18.0 Å². The van der Waals surface area contributed by atoms with E-state index in [1.54, 1.807) is 18.3 Å². The highest BCUT2D eigenvalue weighted by Crippen LogP contribution is 2.24. The molecule has 0 aliphatic carbocycles. The Morgan fingerprint density at radius 3 is 2.61 bits per heavy atom. The average Bonchev–Trinajstić information content (AvgIpc) is 3.02. The number of benzene rings is 2. The number of nitrogens with zero attached hydrogens (tertiary/aromatic N) is 2. The van der Waals surface area contributed by atoms with Crippen molar-refractivity contribution in [3.05, 3.63) is 48.4 Å². The molecule has 28 heavy (non-hydrogen) atoms. The molecule has 0 fully saturated rings. The van der Waals surface area contributed by atoms with Crippen LogP contribution >= 0.6 is 0 Å². The zero-order chi connectivity index (χ0) is 19.4. The summed E-state index contributed by atoms with van der Waals surface area (Å²) in [6, 6.07) is 10.0. The number of ether oxygens (including phenoxy) is 2. The molecule has 0 radical (unpaired) electrons. The maximum atomic E-state index is 14.6. The summed E-state index contributed by atoms with van der Waals surface area (Å²) in [7, 11) is 0. The molecule has 0 spiro atoms. The van der Waals surface area contributed by atoms with Gasteiger partial charge >= 0.3 is 0 Å². The Labute approximate surface area is 162 Å². The van der Waals surface area contributed by atoms with Gasteiger partial charge in [-0.25, -0.2) is 9.07 Å². The van der Waals surface area contributed by atoms with E-state index in [-0.39, 0.29) is 24.0 Å². The number of carbonyl (C=O) groups is 1. The van der Waals surface area contributed by atoms with Crippen LogP contribution in [0.4, 0.5) is 4.39 Å². The lowest BCUT2D eigenvalue weighted by Gasteiger charge is -2.14. The van der Waals surface area contributed by atoms with Gasteiger partial charge in [-0.05, 0) is 38.1 Å². The second-order valence-electron chi connectivity index (χ2n) is 6.25. The minimum Gasteiger partial charge on any atom is -0.494 e. The summed E-state index contributed by atoms with van der Waals surface area (Å²) in [5.41, 5.74) is 1.05. The molecule has 8 heteroatoms. The second-order valence-corrected chi connectivity index (χ2v) is 6.25. The van der Waals surface area contributed by atoms with Crippen molar-refractivity contribution in [2.45, 2.75) is 26.8 Å². The largest absolute Gasteiger partial charge is 0.494 e. The van der Waals surface area contributed by atoms with Crippen LogP contribution in [0.2, 0.25) is 0 Å². The molecule has 0 saturated heterocycles. The van der Waals surface area contributed by atoms with E-state index < -0.39 is 5.82 Å². The van der Waals surface area contributed by atoms with Gasteiger partial charge in [-0.2, -0.15) is 5.10 Å². The summed E-state index contributed by atoms with van der Waals surface area (Å²) < 4.78 is 27.1. The Bertz CT molecular complexity index is 958. The lowest BCUT2D eigenvalue weighted by molar-refractivity contribution is -0.119. The van der Waals surface area contributed by atoms with Crippen molar-refractivity contribution in [1.29, 1.82) is 0 Å². The van der Waals surface area contributed by atoms with Crippen LogP contribution in [0, 0.1) is 5.82 Å². The van der Waals surface area contributed by atoms with Gasteiger partial charge in [-0.1, -0.05) is 0 Å². The Kier molecular flexibility index (Phi) is 6.94. The molecule has 1 amide bonds. The van der Waals surface area contributed by atoms with E-state index >= 15 is 0 Å². The molecule has 1 atom stereocenters. The summed E-state index contributed by atoms with van der Waals surface area (Å²) in [4.78, 5) is 11.0. The van der Waals surface area contributed by atoms with E-state index in [9.17, 15) is 9.18 Å². The van der Waals surface area contributed by atoms with Crippen molar-refractivity contribution in [2.75, 3.05) is 13.2 Å². The van der Waals surface area contributed by atoms with Crippen LogP contribution in [0.25, 0.3) is 16.6 Å². The molecule has 3 rings (SSSR count). The summed E-state index contributed by atoms with van der Waals surface area (Å²) in [6.45, 7) is 6.00. The van der Waals surface area contributed by atoms with E-state index in [0.717, 1.165) is 16.7 Å². The molecule has 1 aromatic heterocycles. The Hall–Kier alpha value is -3.13. The third-order valence-corrected chi connectivity index (χ3v) is 3.91. The van der Waals surface area contributed by atoms with Crippen molar-refractivity contribution >= 4 is 16.8 Å². The molecule has 0 unspecified atom stereocenters. The van der Waals surface area contributed by atoms with Crippen LogP contribution < -0.4 is 14.8 Å². The highest BCUT2D eigenvalue weighted by atomic mass is 19.1. The average molecular weight is 389 g/mol. The molecule has 2 aromatic carbocycles. The Morgan fingerprint density at radius 1 is 1.21 bits per heavy atom. The number of carbonyl (C=O) groups excluding carboxylic acids is 1. The van der Waals surface area contributed by atoms with Crippen LogP contribution in [0.3, 0.4) is 0 Å². The Morgan fingerprint density at radius 2 is 1.93 bits per heavy atom. The fourth-order valence-corrected chi connectivity index (χ4v) is 2.75. The number of hydrogen-bond donors (Lipinski definition) is 1. The van der Waals surface area contributed by atoms with Gasteiger partial charge in [-0.3, -0.25) is 4.79 Å². The first-order valence-corrected chi connectivity index (χ1v) is 8.78. The van der Waals surface area contributed by atoms with Crippen molar-refractivity contribution in [2.24, 2.45) is 0 Å². The fourth-order valence-electron chi connectivity index (χ4n) is 2.75. The molecule has 7 nitrogen and oxygen atoms in total. The van der Waals surface area contributed by atoms with Gasteiger partial charge in [0.1, 0.15) is 23.8 Å². The van der Waals surface area contributed by atoms with E-state index in [4.69, 9.17) is 9.47 Å². The highest BCUT2D eigenvalue weighted by Gasteiger charge is 2.11. The SMILES string of the molecule is CCOc1ccc2cn(-c3ccc(OC[C@H](C)NC(C)=O)cc3F)nc2c1.O. The third-order valence-electron chi connectivity index (χ3n) is 3.91. The summed E-state index contributed by atoms with van der Waals surface area (Å²) in [5.74, 6) is 0.542. The number of hydrogen-bond acceptors (Lipinski definition) is 4. The molecule has 0 aliphatic rings. The monoisotopic (exact) mass is 389 g/mol. The maximum absolute atomic E-state index is 14.6. The zero-order valence-electron chi connectivity index (χ0n) is 16.0. The first-order valence-electron chi connectivity index (χ1n) is 8.78. The topological polar surface area (TPSA) is 96.9 Å². The molecule has 3 aromatic rings. The molecule has 150 valence electrons. The predicted octanol–water partition coefficient (Wildman–Crippen LogP) is 2.64. The minimum atomic E-state index is -0.447. The van der Waals surface area contributed by atoms with Crippen molar-refractivity contribution in [3.63, 3.8) is 0 Å². The summed E-state index contributed by atoms with van der Waals surface area (Å²) in [6.07, 6.45) is 1.77. The van der Waals surface area contributed by atoms with Crippen LogP contribution in [0.5, 0.6) is 11.5 Å². The van der Waals surface area contributed by atoms with Gasteiger partial charge in [0.05, 0.1) is 18.2 Å². The van der Waals surface area contributed by atoms with Crippen LogP contribution in [-0.2, 0) is 4.79 Å². The predicted molar refractivity (Wildman–Crippen MR) is 105 cm³/mol. The van der Waals surface area contributed by atoms with Crippen LogP contribution in [0.1, 0.15) is 20.8 Å². The van der Waals surface area contributed by atoms with E-state index in [2.05, 4.69) is 10.4 Å². The van der Waals surface area contributed by atoms with Gasteiger partial charge in [0.25, 0.3) is 0 Å². The number of amides is 1. The molecule has 3 N–H and O–H groups in total. The number of fused-ring (bicyclic) bond motifs is 1. The van der Waals surface area contributed by atoms with Crippen molar-refractivity contribution in [3.8, 4) is 17.2 Å². The lowest BCUT2D eigenvalue weighted by atomic mass is 10.2. The molecular weight excluding hydrogens is 365 g/mol. The normalized spacial score (nSPS) is 11.6. The Balaban J connectivity index is 0.00000280. The standard InChI is InChI=1S/C20H22FN3O3.H2O/c1-4-26-17-6-5-15-11-24(23-19(15)10-17)20-8-7-16(9-18(20)21)27-12-13(2)22-14(3)25;/h5-11,13H,4,12H2,1-3H3,(H,22,25);1H2/t13-;/m0./s1.